The van der Waals surface area contributed by atoms with Crippen LogP contribution in [-0.2, 0) is 10.4 Å². The van der Waals surface area contributed by atoms with E-state index in [4.69, 9.17) is 16.0 Å². The normalized spacial score (nSPS) is 11.4. The molecule has 0 bridgehead atoms. The summed E-state index contributed by atoms with van der Waals surface area (Å²) in [6.45, 7) is 5.94. The van der Waals surface area contributed by atoms with Crippen molar-refractivity contribution in [2.24, 2.45) is 0 Å². The number of rotatable bonds is 9. The van der Waals surface area contributed by atoms with Crippen molar-refractivity contribution in [2.45, 2.75) is 39.5 Å². The third-order valence-corrected chi connectivity index (χ3v) is 3.50. The highest BCUT2D eigenvalue weighted by Gasteiger charge is 2.20. The summed E-state index contributed by atoms with van der Waals surface area (Å²) in [5.41, 5.74) is 12.4. The highest BCUT2D eigenvalue weighted by molar-refractivity contribution is 7.80. The molecule has 0 aliphatic rings. The maximum Gasteiger partial charge on any atom is 0.476 e. The number of aromatic nitrogens is 1. The summed E-state index contributed by atoms with van der Waals surface area (Å²) in [4.78, 5) is 2.15. The summed E-state index contributed by atoms with van der Waals surface area (Å²) >= 11 is 0. The third kappa shape index (κ3) is 5.57. The standard InChI is InChI=1S/C13H24N4O4S/c1-3-5-7-16(8-6-4-2)11-9-12(14)17(13(15)10-11)21-22(18,19)20/h9-10H,3-8H2,1-2H3,(H4,14,15,18,19,20)/p+1. The van der Waals surface area contributed by atoms with Gasteiger partial charge in [0.2, 0.25) is 0 Å². The Hall–Kier alpha value is -1.74. The zero-order valence-corrected chi connectivity index (χ0v) is 13.8. The van der Waals surface area contributed by atoms with Gasteiger partial charge in [-0.05, 0) is 17.6 Å². The molecule has 0 aromatic carbocycles. The Balaban J connectivity index is 3.07. The topological polar surface area (TPSA) is 123 Å². The Morgan fingerprint density at radius 2 is 1.59 bits per heavy atom. The smallest absolute Gasteiger partial charge is 0.371 e. The van der Waals surface area contributed by atoms with E-state index in [-0.39, 0.29) is 11.6 Å². The molecule has 0 unspecified atom stereocenters. The van der Waals surface area contributed by atoms with Crippen molar-refractivity contribution < 1.29 is 22.0 Å². The van der Waals surface area contributed by atoms with Crippen LogP contribution in [-0.4, -0.2) is 26.1 Å². The molecule has 0 radical (unpaired) electrons. The largest absolute Gasteiger partial charge is 0.476 e. The molecule has 1 aromatic heterocycles. The molecule has 9 heteroatoms. The van der Waals surface area contributed by atoms with E-state index in [2.05, 4.69) is 23.0 Å². The molecule has 5 N–H and O–H groups in total. The van der Waals surface area contributed by atoms with E-state index in [0.717, 1.165) is 44.5 Å². The minimum atomic E-state index is -4.69. The van der Waals surface area contributed by atoms with Gasteiger partial charge in [-0.1, -0.05) is 26.7 Å². The molecule has 22 heavy (non-hydrogen) atoms. The van der Waals surface area contributed by atoms with Gasteiger partial charge in [0.15, 0.2) is 0 Å². The van der Waals surface area contributed by atoms with E-state index in [1.807, 2.05) is 0 Å². The Morgan fingerprint density at radius 3 is 1.95 bits per heavy atom. The van der Waals surface area contributed by atoms with Gasteiger partial charge in [-0.25, -0.2) is 4.28 Å². The van der Waals surface area contributed by atoms with Crippen LogP contribution < -0.4 is 25.4 Å². The molecule has 126 valence electrons. The molecule has 0 fully saturated rings. The second-order valence-electron chi connectivity index (χ2n) is 5.05. The van der Waals surface area contributed by atoms with Crippen molar-refractivity contribution in [3.63, 3.8) is 0 Å². The van der Waals surface area contributed by atoms with Gasteiger partial charge in [-0.15, -0.1) is 0 Å². The van der Waals surface area contributed by atoms with Crippen LogP contribution in [0.15, 0.2) is 12.1 Å². The van der Waals surface area contributed by atoms with Gasteiger partial charge in [-0.3, -0.25) is 4.55 Å². The summed E-state index contributed by atoms with van der Waals surface area (Å²) in [7, 11) is -4.69. The van der Waals surface area contributed by atoms with Crippen molar-refractivity contribution in [1.82, 2.24) is 0 Å². The fourth-order valence-electron chi connectivity index (χ4n) is 2.04. The Labute approximate surface area is 131 Å². The number of nitrogen functional groups attached to an aromatic ring is 2. The number of pyridine rings is 1. The molecular weight excluding hydrogens is 308 g/mol. The van der Waals surface area contributed by atoms with Crippen LogP contribution in [0, 0.1) is 0 Å². The second kappa shape index (κ2) is 8.04. The maximum absolute atomic E-state index is 10.8. The number of nitrogens with zero attached hydrogens (tertiary/aromatic N) is 2. The fourth-order valence-corrected chi connectivity index (χ4v) is 2.40. The quantitative estimate of drug-likeness (QED) is 0.450. The van der Waals surface area contributed by atoms with E-state index in [9.17, 15) is 8.42 Å². The molecule has 8 nitrogen and oxygen atoms in total. The lowest BCUT2D eigenvalue weighted by Crippen LogP contribution is -2.50. The minimum absolute atomic E-state index is 0.00868. The van der Waals surface area contributed by atoms with Gasteiger partial charge >= 0.3 is 10.4 Å². The first-order chi connectivity index (χ1) is 10.3. The zero-order chi connectivity index (χ0) is 16.8. The van der Waals surface area contributed by atoms with Crippen LogP contribution in [0.3, 0.4) is 0 Å². The molecule has 0 atom stereocenters. The molecular formula is C13H25N4O4S+. The van der Waals surface area contributed by atoms with E-state index >= 15 is 0 Å². The summed E-state index contributed by atoms with van der Waals surface area (Å²) in [5, 5.41) is 0. The van der Waals surface area contributed by atoms with Crippen molar-refractivity contribution in [2.75, 3.05) is 29.5 Å². The SMILES string of the molecule is CCCCN(CCCC)c1cc(N)[n+](OS(=O)(=O)O)c(N)c1. The molecule has 0 aliphatic heterocycles. The number of anilines is 3. The lowest BCUT2D eigenvalue weighted by Gasteiger charge is -2.24. The molecule has 1 rings (SSSR count). The fraction of sp³-hybridized carbons (Fsp3) is 0.615. The van der Waals surface area contributed by atoms with Crippen molar-refractivity contribution in [1.29, 1.82) is 0 Å². The molecule has 0 amide bonds. The van der Waals surface area contributed by atoms with Crippen LogP contribution in [0.2, 0.25) is 0 Å². The predicted octanol–water partition coefficient (Wildman–Crippen LogP) is 0.777. The lowest BCUT2D eigenvalue weighted by molar-refractivity contribution is -0.833. The molecule has 0 saturated heterocycles. The average molecular weight is 333 g/mol. The van der Waals surface area contributed by atoms with Crippen LogP contribution in [0.4, 0.5) is 17.3 Å². The van der Waals surface area contributed by atoms with Crippen molar-refractivity contribution >= 4 is 27.7 Å². The van der Waals surface area contributed by atoms with Gasteiger partial charge in [0, 0.05) is 25.2 Å². The van der Waals surface area contributed by atoms with Crippen LogP contribution in [0.25, 0.3) is 0 Å². The molecule has 0 aliphatic carbocycles. The second-order valence-corrected chi connectivity index (χ2v) is 6.06. The highest BCUT2D eigenvalue weighted by Crippen LogP contribution is 2.19. The summed E-state index contributed by atoms with van der Waals surface area (Å²) in [6, 6.07) is 3.15. The predicted molar refractivity (Wildman–Crippen MR) is 85.6 cm³/mol. The number of hydrogen-bond acceptors (Lipinski definition) is 6. The van der Waals surface area contributed by atoms with E-state index in [0.29, 0.717) is 4.73 Å². The number of hydrogen-bond donors (Lipinski definition) is 3. The Morgan fingerprint density at radius 1 is 1.14 bits per heavy atom. The van der Waals surface area contributed by atoms with Crippen LogP contribution in [0.5, 0.6) is 0 Å². The first-order valence-electron chi connectivity index (χ1n) is 7.31. The molecule has 0 spiro atoms. The molecule has 1 heterocycles. The highest BCUT2D eigenvalue weighted by atomic mass is 32.3. The molecule has 1 aromatic rings. The number of unbranched alkanes of at least 4 members (excludes halogenated alkanes) is 2. The van der Waals surface area contributed by atoms with Crippen LogP contribution in [0.1, 0.15) is 39.5 Å². The van der Waals surface area contributed by atoms with Crippen molar-refractivity contribution in [3.8, 4) is 0 Å². The van der Waals surface area contributed by atoms with Crippen LogP contribution >= 0.6 is 0 Å². The lowest BCUT2D eigenvalue weighted by atomic mass is 10.2. The summed E-state index contributed by atoms with van der Waals surface area (Å²) < 4.78 is 35.3. The van der Waals surface area contributed by atoms with E-state index in [1.54, 1.807) is 12.1 Å². The summed E-state index contributed by atoms with van der Waals surface area (Å²) in [6.07, 6.45) is 4.18. The number of nitrogens with two attached hydrogens (primary N) is 2. The Kier molecular flexibility index (Phi) is 6.69. The van der Waals surface area contributed by atoms with Gasteiger partial charge in [0.25, 0.3) is 11.6 Å². The Bertz CT molecular complexity index is 561. The molecule has 0 saturated carbocycles. The minimum Gasteiger partial charge on any atom is -0.371 e. The van der Waals surface area contributed by atoms with Crippen molar-refractivity contribution in [3.05, 3.63) is 12.1 Å². The maximum atomic E-state index is 10.8. The van der Waals surface area contributed by atoms with E-state index < -0.39 is 10.4 Å². The summed E-state index contributed by atoms with van der Waals surface area (Å²) in [5.74, 6) is -0.0174. The van der Waals surface area contributed by atoms with E-state index in [1.165, 1.54) is 0 Å². The first-order valence-corrected chi connectivity index (χ1v) is 8.68. The third-order valence-electron chi connectivity index (χ3n) is 3.16. The first kappa shape index (κ1) is 18.3. The van der Waals surface area contributed by atoms with Gasteiger partial charge in [0.1, 0.15) is 0 Å². The monoisotopic (exact) mass is 333 g/mol. The average Bonchev–Trinajstić information content (AvgIpc) is 2.42. The van der Waals surface area contributed by atoms with Gasteiger partial charge in [-0.2, -0.15) is 8.42 Å². The van der Waals surface area contributed by atoms with Gasteiger partial charge < -0.3 is 16.4 Å². The zero-order valence-electron chi connectivity index (χ0n) is 13.0. The van der Waals surface area contributed by atoms with Gasteiger partial charge in [0.05, 0.1) is 5.69 Å².